The molecule has 1 unspecified atom stereocenters. The molecule has 5 nitrogen and oxygen atoms in total. The molecule has 0 saturated heterocycles. The average molecular weight is 350 g/mol. The summed E-state index contributed by atoms with van der Waals surface area (Å²) in [5.74, 6) is 1.64. The maximum Gasteiger partial charge on any atom is 0.220 e. The van der Waals surface area contributed by atoms with Crippen molar-refractivity contribution in [3.8, 4) is 11.4 Å². The van der Waals surface area contributed by atoms with Gasteiger partial charge in [0, 0.05) is 41.8 Å². The smallest absolute Gasteiger partial charge is 0.220 e. The number of nitrogens with zero attached hydrogens (tertiary/aromatic N) is 3. The molecular weight excluding hydrogens is 324 g/mol. The van der Waals surface area contributed by atoms with Gasteiger partial charge in [0.2, 0.25) is 5.91 Å². The number of aryl methyl sites for hydroxylation is 1. The molecule has 1 atom stereocenters. The monoisotopic (exact) mass is 350 g/mol. The summed E-state index contributed by atoms with van der Waals surface area (Å²) in [4.78, 5) is 25.8. The molecule has 2 aromatic rings. The van der Waals surface area contributed by atoms with Crippen LogP contribution in [0.5, 0.6) is 0 Å². The van der Waals surface area contributed by atoms with Gasteiger partial charge in [-0.1, -0.05) is 25.7 Å². The lowest BCUT2D eigenvalue weighted by Crippen LogP contribution is -2.31. The second-order valence-corrected chi connectivity index (χ2v) is 7.54. The first-order valence-electron chi connectivity index (χ1n) is 9.85. The van der Waals surface area contributed by atoms with Crippen molar-refractivity contribution in [1.82, 2.24) is 20.3 Å². The predicted octanol–water partition coefficient (Wildman–Crippen LogP) is 4.00. The van der Waals surface area contributed by atoms with Gasteiger partial charge in [0.1, 0.15) is 0 Å². The SMILES string of the molecule is O=C(CCC1CCCC1)NC1CCCc2nc(-c3cccnc3)ncc21. The number of fused-ring (bicyclic) bond motifs is 1. The van der Waals surface area contributed by atoms with Crippen molar-refractivity contribution < 1.29 is 4.79 Å². The first kappa shape index (κ1) is 17.1. The summed E-state index contributed by atoms with van der Waals surface area (Å²) < 4.78 is 0. The predicted molar refractivity (Wildman–Crippen MR) is 100 cm³/mol. The van der Waals surface area contributed by atoms with E-state index < -0.39 is 0 Å². The number of carbonyl (C=O) groups excluding carboxylic acids is 1. The molecule has 0 spiro atoms. The van der Waals surface area contributed by atoms with Crippen LogP contribution < -0.4 is 5.32 Å². The molecule has 1 saturated carbocycles. The van der Waals surface area contributed by atoms with E-state index in [2.05, 4.69) is 15.3 Å². The molecule has 0 aromatic carbocycles. The summed E-state index contributed by atoms with van der Waals surface area (Å²) in [6.45, 7) is 0. The standard InChI is InChI=1S/C21H26N4O/c26-20(11-10-15-5-1-2-6-15)24-18-8-3-9-19-17(18)14-23-21(25-19)16-7-4-12-22-13-16/h4,7,12-15,18H,1-3,5-6,8-11H2,(H,24,26). The number of amides is 1. The minimum atomic E-state index is 0.0535. The second-order valence-electron chi connectivity index (χ2n) is 7.54. The van der Waals surface area contributed by atoms with Gasteiger partial charge in [0.15, 0.2) is 5.82 Å². The summed E-state index contributed by atoms with van der Waals surface area (Å²) >= 11 is 0. The van der Waals surface area contributed by atoms with Crippen molar-refractivity contribution in [3.05, 3.63) is 42.0 Å². The Labute approximate surface area is 154 Å². The summed E-state index contributed by atoms with van der Waals surface area (Å²) in [5, 5.41) is 3.23. The summed E-state index contributed by atoms with van der Waals surface area (Å²) in [6, 6.07) is 3.92. The molecule has 26 heavy (non-hydrogen) atoms. The van der Waals surface area contributed by atoms with Crippen LogP contribution in [-0.4, -0.2) is 20.9 Å². The number of carbonyl (C=O) groups is 1. The second kappa shape index (κ2) is 7.94. The normalized spacial score (nSPS) is 19.9. The van der Waals surface area contributed by atoms with Gasteiger partial charge in [-0.2, -0.15) is 0 Å². The van der Waals surface area contributed by atoms with Crippen molar-refractivity contribution in [2.24, 2.45) is 5.92 Å². The van der Waals surface area contributed by atoms with E-state index in [1.165, 1.54) is 25.7 Å². The quantitative estimate of drug-likeness (QED) is 0.885. The van der Waals surface area contributed by atoms with E-state index in [9.17, 15) is 4.79 Å². The highest BCUT2D eigenvalue weighted by Crippen LogP contribution is 2.31. The van der Waals surface area contributed by atoms with Crippen LogP contribution in [0.2, 0.25) is 0 Å². The first-order valence-corrected chi connectivity index (χ1v) is 9.85. The Kier molecular flexibility index (Phi) is 5.23. The Morgan fingerprint density at radius 2 is 2.04 bits per heavy atom. The topological polar surface area (TPSA) is 67.8 Å². The first-order chi connectivity index (χ1) is 12.8. The van der Waals surface area contributed by atoms with Crippen LogP contribution in [0, 0.1) is 5.92 Å². The zero-order chi connectivity index (χ0) is 17.8. The Morgan fingerprint density at radius 1 is 1.15 bits per heavy atom. The molecule has 2 aliphatic rings. The van der Waals surface area contributed by atoms with E-state index in [1.54, 1.807) is 12.4 Å². The third-order valence-electron chi connectivity index (χ3n) is 5.69. The molecule has 0 bridgehead atoms. The fourth-order valence-electron chi connectivity index (χ4n) is 4.23. The minimum absolute atomic E-state index is 0.0535. The van der Waals surface area contributed by atoms with E-state index >= 15 is 0 Å². The largest absolute Gasteiger partial charge is 0.349 e. The van der Waals surface area contributed by atoms with Crippen LogP contribution in [0.15, 0.2) is 30.7 Å². The molecule has 1 N–H and O–H groups in total. The summed E-state index contributed by atoms with van der Waals surface area (Å²) in [7, 11) is 0. The number of pyridine rings is 1. The molecule has 0 aliphatic heterocycles. The van der Waals surface area contributed by atoms with E-state index in [4.69, 9.17) is 4.98 Å². The Bertz CT molecular complexity index is 756. The van der Waals surface area contributed by atoms with Gasteiger partial charge < -0.3 is 5.32 Å². The highest BCUT2D eigenvalue weighted by Gasteiger charge is 2.24. The molecule has 1 amide bonds. The molecule has 5 heteroatoms. The van der Waals surface area contributed by atoms with Gasteiger partial charge in [-0.15, -0.1) is 0 Å². The van der Waals surface area contributed by atoms with Crippen molar-refractivity contribution in [2.75, 3.05) is 0 Å². The maximum absolute atomic E-state index is 12.4. The highest BCUT2D eigenvalue weighted by molar-refractivity contribution is 5.76. The summed E-state index contributed by atoms with van der Waals surface area (Å²) in [6.07, 6.45) is 15.3. The van der Waals surface area contributed by atoms with E-state index in [-0.39, 0.29) is 11.9 Å². The van der Waals surface area contributed by atoms with Crippen molar-refractivity contribution in [3.63, 3.8) is 0 Å². The van der Waals surface area contributed by atoms with Crippen molar-refractivity contribution >= 4 is 5.91 Å². The molecule has 2 aromatic heterocycles. The highest BCUT2D eigenvalue weighted by atomic mass is 16.1. The number of aromatic nitrogens is 3. The van der Waals surface area contributed by atoms with Crippen LogP contribution in [0.3, 0.4) is 0 Å². The van der Waals surface area contributed by atoms with Gasteiger partial charge in [0.25, 0.3) is 0 Å². The van der Waals surface area contributed by atoms with Crippen LogP contribution in [0.4, 0.5) is 0 Å². The van der Waals surface area contributed by atoms with E-state index in [0.717, 1.165) is 48.4 Å². The fraction of sp³-hybridized carbons (Fsp3) is 0.524. The van der Waals surface area contributed by atoms with Gasteiger partial charge in [-0.05, 0) is 43.7 Å². The number of hydrogen-bond donors (Lipinski definition) is 1. The Morgan fingerprint density at radius 3 is 2.85 bits per heavy atom. The number of hydrogen-bond acceptors (Lipinski definition) is 4. The van der Waals surface area contributed by atoms with E-state index in [1.807, 2.05) is 18.3 Å². The third kappa shape index (κ3) is 3.92. The van der Waals surface area contributed by atoms with Crippen LogP contribution in [0.1, 0.15) is 68.7 Å². The van der Waals surface area contributed by atoms with Crippen LogP contribution in [-0.2, 0) is 11.2 Å². The zero-order valence-electron chi connectivity index (χ0n) is 15.2. The van der Waals surface area contributed by atoms with Gasteiger partial charge in [-0.3, -0.25) is 9.78 Å². The lowest BCUT2D eigenvalue weighted by atomic mass is 9.92. The molecule has 0 radical (unpaired) electrons. The fourth-order valence-corrected chi connectivity index (χ4v) is 4.23. The van der Waals surface area contributed by atoms with Crippen LogP contribution in [0.25, 0.3) is 11.4 Å². The third-order valence-corrected chi connectivity index (χ3v) is 5.69. The molecule has 1 fully saturated rings. The molecule has 2 heterocycles. The van der Waals surface area contributed by atoms with Gasteiger partial charge >= 0.3 is 0 Å². The Balaban J connectivity index is 1.42. The molecular formula is C21H26N4O. The lowest BCUT2D eigenvalue weighted by molar-refractivity contribution is -0.122. The van der Waals surface area contributed by atoms with Gasteiger partial charge in [0.05, 0.1) is 6.04 Å². The van der Waals surface area contributed by atoms with Gasteiger partial charge in [-0.25, -0.2) is 9.97 Å². The Hall–Kier alpha value is -2.30. The van der Waals surface area contributed by atoms with Crippen molar-refractivity contribution in [2.45, 2.75) is 63.8 Å². The van der Waals surface area contributed by atoms with Crippen LogP contribution >= 0.6 is 0 Å². The number of nitrogens with one attached hydrogen (secondary N) is 1. The molecule has 2 aliphatic carbocycles. The minimum Gasteiger partial charge on any atom is -0.349 e. The number of rotatable bonds is 5. The summed E-state index contributed by atoms with van der Waals surface area (Å²) in [5.41, 5.74) is 3.07. The van der Waals surface area contributed by atoms with Crippen molar-refractivity contribution in [1.29, 1.82) is 0 Å². The van der Waals surface area contributed by atoms with E-state index in [0.29, 0.717) is 12.2 Å². The molecule has 136 valence electrons. The zero-order valence-corrected chi connectivity index (χ0v) is 15.2. The molecule has 4 rings (SSSR count). The lowest BCUT2D eigenvalue weighted by Gasteiger charge is -2.26. The average Bonchev–Trinajstić information content (AvgIpc) is 3.21. The maximum atomic E-state index is 12.4.